The highest BCUT2D eigenvalue weighted by Gasteiger charge is 2.38. The first kappa shape index (κ1) is 17.3. The highest BCUT2D eigenvalue weighted by molar-refractivity contribution is 4.87. The average Bonchev–Trinajstić information content (AvgIpc) is 3.39. The number of hydrogen-bond acceptors (Lipinski definition) is 3. The molecule has 0 bridgehead atoms. The molecule has 0 radical (unpaired) electrons. The van der Waals surface area contributed by atoms with Gasteiger partial charge in [0.2, 0.25) is 0 Å². The van der Waals surface area contributed by atoms with Crippen LogP contribution < -0.4 is 5.43 Å². The summed E-state index contributed by atoms with van der Waals surface area (Å²) in [5.74, 6) is 0. The van der Waals surface area contributed by atoms with Gasteiger partial charge in [-0.25, -0.2) is 10.4 Å². The van der Waals surface area contributed by atoms with Gasteiger partial charge in [0.05, 0.1) is 0 Å². The molecule has 0 spiro atoms. The minimum absolute atomic E-state index is 0.747. The van der Waals surface area contributed by atoms with E-state index in [1.54, 1.807) is 0 Å². The molecular formula is C21H39N3. The molecule has 0 aromatic rings. The highest BCUT2D eigenvalue weighted by atomic mass is 15.8. The minimum atomic E-state index is 0.747. The lowest BCUT2D eigenvalue weighted by molar-refractivity contribution is -0.167. The molecule has 1 N–H and O–H groups in total. The third-order valence-electron chi connectivity index (χ3n) is 7.24. The smallest absolute Gasteiger partial charge is 0.0402 e. The van der Waals surface area contributed by atoms with Crippen molar-refractivity contribution >= 4 is 0 Å². The molecule has 4 aliphatic carbocycles. The number of hydrazine groups is 2. The Morgan fingerprint density at radius 3 is 1.42 bits per heavy atom. The summed E-state index contributed by atoms with van der Waals surface area (Å²) in [7, 11) is 0. The Bertz CT molecular complexity index is 345. The Labute approximate surface area is 149 Å². The zero-order valence-electron chi connectivity index (χ0n) is 15.7. The molecule has 4 saturated carbocycles. The lowest BCUT2D eigenvalue weighted by Crippen LogP contribution is -2.63. The second-order valence-corrected chi connectivity index (χ2v) is 9.00. The Morgan fingerprint density at radius 1 is 0.458 bits per heavy atom. The van der Waals surface area contributed by atoms with Crippen LogP contribution in [0, 0.1) is 0 Å². The standard InChI is InChI=1S/C21H39N3/c1-2-16-21(17-3-1)24(22-18-10-4-5-11-18)23(19-12-6-7-13-19)20-14-8-9-15-20/h18-22H,1-17H2. The van der Waals surface area contributed by atoms with Gasteiger partial charge in [0.25, 0.3) is 0 Å². The van der Waals surface area contributed by atoms with Crippen LogP contribution in [0.2, 0.25) is 0 Å². The van der Waals surface area contributed by atoms with Crippen molar-refractivity contribution in [2.45, 2.75) is 133 Å². The van der Waals surface area contributed by atoms with Crippen molar-refractivity contribution in [3.05, 3.63) is 0 Å². The van der Waals surface area contributed by atoms with E-state index in [2.05, 4.69) is 15.6 Å². The number of hydrogen-bond donors (Lipinski definition) is 1. The van der Waals surface area contributed by atoms with Crippen molar-refractivity contribution in [3.8, 4) is 0 Å². The first-order valence-electron chi connectivity index (χ1n) is 11.3. The van der Waals surface area contributed by atoms with Gasteiger partial charge < -0.3 is 0 Å². The minimum Gasteiger partial charge on any atom is -0.238 e. The van der Waals surface area contributed by atoms with Gasteiger partial charge in [0.1, 0.15) is 0 Å². The van der Waals surface area contributed by atoms with Crippen LogP contribution in [0.15, 0.2) is 0 Å². The third-order valence-corrected chi connectivity index (χ3v) is 7.24. The zero-order chi connectivity index (χ0) is 16.2. The van der Waals surface area contributed by atoms with E-state index in [4.69, 9.17) is 0 Å². The van der Waals surface area contributed by atoms with E-state index in [1.807, 2.05) is 0 Å². The molecule has 0 saturated heterocycles. The average molecular weight is 334 g/mol. The van der Waals surface area contributed by atoms with E-state index in [1.165, 1.54) is 109 Å². The van der Waals surface area contributed by atoms with Gasteiger partial charge in [-0.1, -0.05) is 57.8 Å². The zero-order valence-corrected chi connectivity index (χ0v) is 15.7. The quantitative estimate of drug-likeness (QED) is 0.676. The SMILES string of the molecule is C1CCC(N(NC2CCCC2)N(C2CCCC2)C2CCCC2)CC1. The van der Waals surface area contributed by atoms with Crippen LogP contribution in [-0.2, 0) is 0 Å². The molecular weight excluding hydrogens is 294 g/mol. The molecule has 4 fully saturated rings. The Hall–Kier alpha value is -0.120. The molecule has 4 aliphatic rings. The van der Waals surface area contributed by atoms with Crippen LogP contribution in [0.25, 0.3) is 0 Å². The van der Waals surface area contributed by atoms with Gasteiger partial charge in [-0.15, -0.1) is 0 Å². The summed E-state index contributed by atoms with van der Waals surface area (Å²) in [6, 6.07) is 3.16. The van der Waals surface area contributed by atoms with Gasteiger partial charge in [-0.3, -0.25) is 0 Å². The van der Waals surface area contributed by atoms with E-state index in [9.17, 15) is 0 Å². The molecule has 24 heavy (non-hydrogen) atoms. The van der Waals surface area contributed by atoms with Crippen molar-refractivity contribution in [2.75, 3.05) is 0 Å². The van der Waals surface area contributed by atoms with Gasteiger partial charge >= 0.3 is 0 Å². The summed E-state index contributed by atoms with van der Waals surface area (Å²) in [4.78, 5) is 0. The highest BCUT2D eigenvalue weighted by Crippen LogP contribution is 2.35. The van der Waals surface area contributed by atoms with Gasteiger partial charge in [0.15, 0.2) is 0 Å². The predicted octanol–water partition coefficient (Wildman–Crippen LogP) is 5.17. The summed E-state index contributed by atoms with van der Waals surface area (Å²) in [6.45, 7) is 0. The van der Waals surface area contributed by atoms with E-state index < -0.39 is 0 Å². The summed E-state index contributed by atoms with van der Waals surface area (Å²) >= 11 is 0. The fourth-order valence-electron chi connectivity index (χ4n) is 5.92. The van der Waals surface area contributed by atoms with Crippen molar-refractivity contribution in [1.82, 2.24) is 15.6 Å². The normalized spacial score (nSPS) is 28.8. The molecule has 3 heteroatoms. The maximum Gasteiger partial charge on any atom is 0.0402 e. The van der Waals surface area contributed by atoms with Crippen LogP contribution in [0.5, 0.6) is 0 Å². The van der Waals surface area contributed by atoms with Crippen molar-refractivity contribution in [1.29, 1.82) is 0 Å². The fourth-order valence-corrected chi connectivity index (χ4v) is 5.92. The maximum absolute atomic E-state index is 4.10. The van der Waals surface area contributed by atoms with E-state index in [0.29, 0.717) is 0 Å². The summed E-state index contributed by atoms with van der Waals surface area (Å²) in [6.07, 6.45) is 24.4. The van der Waals surface area contributed by atoms with E-state index in [-0.39, 0.29) is 0 Å². The first-order valence-corrected chi connectivity index (χ1v) is 11.3. The van der Waals surface area contributed by atoms with Gasteiger partial charge in [-0.05, 0) is 51.4 Å². The first-order chi connectivity index (χ1) is 11.9. The number of nitrogens with one attached hydrogen (secondary N) is 1. The van der Waals surface area contributed by atoms with Crippen LogP contribution in [0.1, 0.15) is 109 Å². The van der Waals surface area contributed by atoms with Crippen LogP contribution in [0.3, 0.4) is 0 Å². The second-order valence-electron chi connectivity index (χ2n) is 9.00. The molecule has 138 valence electrons. The lowest BCUT2D eigenvalue weighted by Gasteiger charge is -2.48. The van der Waals surface area contributed by atoms with Crippen LogP contribution in [0.4, 0.5) is 0 Å². The Morgan fingerprint density at radius 2 is 0.875 bits per heavy atom. The topological polar surface area (TPSA) is 18.5 Å². The Balaban J connectivity index is 1.53. The third kappa shape index (κ3) is 3.99. The molecule has 0 heterocycles. The summed E-state index contributed by atoms with van der Waals surface area (Å²) in [5.41, 5.74) is 4.10. The van der Waals surface area contributed by atoms with Crippen LogP contribution in [-0.4, -0.2) is 34.3 Å². The van der Waals surface area contributed by atoms with Gasteiger partial charge in [0, 0.05) is 24.2 Å². The molecule has 0 aromatic carbocycles. The maximum atomic E-state index is 4.10. The fraction of sp³-hybridized carbons (Fsp3) is 1.00. The molecule has 0 aliphatic heterocycles. The predicted molar refractivity (Wildman–Crippen MR) is 100 cm³/mol. The van der Waals surface area contributed by atoms with Crippen molar-refractivity contribution < 1.29 is 0 Å². The lowest BCUT2D eigenvalue weighted by atomic mass is 9.95. The number of nitrogens with zero attached hydrogens (tertiary/aromatic N) is 2. The molecule has 0 atom stereocenters. The van der Waals surface area contributed by atoms with E-state index >= 15 is 0 Å². The van der Waals surface area contributed by atoms with Crippen LogP contribution >= 0.6 is 0 Å². The molecule has 0 amide bonds. The molecule has 4 rings (SSSR count). The Kier molecular flexibility index (Phi) is 6.13. The monoisotopic (exact) mass is 333 g/mol. The molecule has 0 aromatic heterocycles. The second kappa shape index (κ2) is 8.51. The number of rotatable bonds is 6. The van der Waals surface area contributed by atoms with E-state index in [0.717, 1.165) is 24.2 Å². The largest absolute Gasteiger partial charge is 0.238 e. The summed E-state index contributed by atoms with van der Waals surface area (Å²) < 4.78 is 0. The van der Waals surface area contributed by atoms with Gasteiger partial charge in [-0.2, -0.15) is 5.12 Å². The molecule has 0 unspecified atom stereocenters. The summed E-state index contributed by atoms with van der Waals surface area (Å²) in [5, 5.41) is 5.69. The molecule has 3 nitrogen and oxygen atoms in total. The van der Waals surface area contributed by atoms with Crippen molar-refractivity contribution in [3.63, 3.8) is 0 Å². The van der Waals surface area contributed by atoms with Crippen molar-refractivity contribution in [2.24, 2.45) is 0 Å².